The van der Waals surface area contributed by atoms with Gasteiger partial charge in [-0.15, -0.1) is 0 Å². The zero-order chi connectivity index (χ0) is 10.7. The lowest BCUT2D eigenvalue weighted by atomic mass is 10.3. The van der Waals surface area contributed by atoms with Crippen LogP contribution < -0.4 is 5.32 Å². The first-order valence-electron chi connectivity index (χ1n) is 3.93. The smallest absolute Gasteiger partial charge is 0.260 e. The van der Waals surface area contributed by atoms with Crippen LogP contribution in [0.25, 0.3) is 0 Å². The lowest BCUT2D eigenvalue weighted by Crippen LogP contribution is -2.12. The summed E-state index contributed by atoms with van der Waals surface area (Å²) < 4.78 is 0.863. The van der Waals surface area contributed by atoms with Crippen LogP contribution in [0.5, 0.6) is 0 Å². The van der Waals surface area contributed by atoms with Crippen molar-refractivity contribution in [1.29, 1.82) is 0 Å². The summed E-state index contributed by atoms with van der Waals surface area (Å²) in [6, 6.07) is 0. The molecule has 0 bridgehead atoms. The highest BCUT2D eigenvalue weighted by molar-refractivity contribution is 9.11. The number of aromatic nitrogens is 3. The minimum atomic E-state index is -0.266. The van der Waals surface area contributed by atoms with E-state index in [4.69, 9.17) is 0 Å². The second kappa shape index (κ2) is 4.45. The number of hydrogen-bond acceptors (Lipinski definition) is 5. The van der Waals surface area contributed by atoms with Gasteiger partial charge in [-0.3, -0.25) is 10.1 Å². The van der Waals surface area contributed by atoms with Crippen LogP contribution in [0.15, 0.2) is 28.7 Å². The Bertz CT molecular complexity index is 473. The second-order valence-electron chi connectivity index (χ2n) is 2.55. The van der Waals surface area contributed by atoms with Crippen LogP contribution in [0.2, 0.25) is 0 Å². The molecule has 0 saturated carbocycles. The zero-order valence-corrected chi connectivity index (χ0v) is 9.75. The van der Waals surface area contributed by atoms with Crippen molar-refractivity contribution in [3.8, 4) is 0 Å². The molecule has 2 heterocycles. The van der Waals surface area contributed by atoms with E-state index >= 15 is 0 Å². The van der Waals surface area contributed by atoms with Gasteiger partial charge in [0.05, 0.1) is 15.5 Å². The molecule has 0 saturated heterocycles. The van der Waals surface area contributed by atoms with Crippen molar-refractivity contribution in [2.24, 2.45) is 0 Å². The molecule has 0 aromatic carbocycles. The summed E-state index contributed by atoms with van der Waals surface area (Å²) in [6.45, 7) is 0. The number of rotatable bonds is 2. The lowest BCUT2D eigenvalue weighted by molar-refractivity contribution is 0.102. The van der Waals surface area contributed by atoms with Crippen LogP contribution in [-0.2, 0) is 0 Å². The first-order valence-corrected chi connectivity index (χ1v) is 5.54. The van der Waals surface area contributed by atoms with Crippen molar-refractivity contribution in [1.82, 2.24) is 15.0 Å². The Labute approximate surface area is 97.7 Å². The predicted octanol–water partition coefficient (Wildman–Crippen LogP) is 1.95. The molecule has 0 unspecified atom stereocenters. The molecule has 0 fully saturated rings. The van der Waals surface area contributed by atoms with E-state index in [-0.39, 0.29) is 5.91 Å². The average Bonchev–Trinajstić information content (AvgIpc) is 2.65. The Hall–Kier alpha value is -1.34. The standard InChI is InChI=1S/C8H5BrN4OS/c9-6-3-12-8(15-6)13-7(14)5-1-10-4-11-2-5/h1-4H,(H,12,13,14). The minimum Gasteiger partial charge on any atom is -0.298 e. The highest BCUT2D eigenvalue weighted by Gasteiger charge is 2.08. The molecule has 2 rings (SSSR count). The molecule has 0 aliphatic heterocycles. The number of nitrogens with zero attached hydrogens (tertiary/aromatic N) is 3. The minimum absolute atomic E-state index is 0.266. The van der Waals surface area contributed by atoms with Crippen molar-refractivity contribution < 1.29 is 4.79 Å². The van der Waals surface area contributed by atoms with Crippen LogP contribution in [0, 0.1) is 0 Å². The molecule has 0 radical (unpaired) electrons. The van der Waals surface area contributed by atoms with Crippen LogP contribution in [0.3, 0.4) is 0 Å². The van der Waals surface area contributed by atoms with Crippen LogP contribution in [0.4, 0.5) is 5.13 Å². The van der Waals surface area contributed by atoms with E-state index in [1.807, 2.05) is 0 Å². The molecule has 0 spiro atoms. The lowest BCUT2D eigenvalue weighted by Gasteiger charge is -1.99. The van der Waals surface area contributed by atoms with E-state index < -0.39 is 0 Å². The summed E-state index contributed by atoms with van der Waals surface area (Å²) >= 11 is 4.60. The van der Waals surface area contributed by atoms with Gasteiger partial charge in [-0.05, 0) is 15.9 Å². The molecule has 0 aliphatic carbocycles. The largest absolute Gasteiger partial charge is 0.298 e. The van der Waals surface area contributed by atoms with Crippen molar-refractivity contribution in [2.75, 3.05) is 5.32 Å². The number of carbonyl (C=O) groups excluding carboxylic acids is 1. The average molecular weight is 285 g/mol. The van der Waals surface area contributed by atoms with E-state index in [0.29, 0.717) is 10.7 Å². The van der Waals surface area contributed by atoms with Crippen LogP contribution >= 0.6 is 27.3 Å². The van der Waals surface area contributed by atoms with Gasteiger partial charge in [0.25, 0.3) is 5.91 Å². The SMILES string of the molecule is O=C(Nc1ncc(Br)s1)c1cncnc1. The highest BCUT2D eigenvalue weighted by Crippen LogP contribution is 2.23. The molecule has 2 aromatic heterocycles. The van der Waals surface area contributed by atoms with E-state index in [9.17, 15) is 4.79 Å². The molecule has 0 aliphatic rings. The quantitative estimate of drug-likeness (QED) is 0.915. The third-order valence-corrected chi connectivity index (χ3v) is 2.91. The van der Waals surface area contributed by atoms with Crippen LogP contribution in [0.1, 0.15) is 10.4 Å². The van der Waals surface area contributed by atoms with E-state index in [2.05, 4.69) is 36.2 Å². The topological polar surface area (TPSA) is 67.8 Å². The maximum Gasteiger partial charge on any atom is 0.260 e. The van der Waals surface area contributed by atoms with Gasteiger partial charge in [0.1, 0.15) is 6.33 Å². The molecule has 1 N–H and O–H groups in total. The normalized spacial score (nSPS) is 9.93. The van der Waals surface area contributed by atoms with Gasteiger partial charge in [0.15, 0.2) is 5.13 Å². The Morgan fingerprint density at radius 1 is 1.33 bits per heavy atom. The summed E-state index contributed by atoms with van der Waals surface area (Å²) in [5.41, 5.74) is 0.406. The maximum atomic E-state index is 11.6. The molecule has 15 heavy (non-hydrogen) atoms. The van der Waals surface area contributed by atoms with E-state index in [0.717, 1.165) is 3.79 Å². The van der Waals surface area contributed by atoms with Crippen molar-refractivity contribution >= 4 is 38.3 Å². The fourth-order valence-electron chi connectivity index (χ4n) is 0.898. The molecule has 1 amide bonds. The number of anilines is 1. The number of nitrogens with one attached hydrogen (secondary N) is 1. The third-order valence-electron chi connectivity index (χ3n) is 1.52. The molecule has 7 heteroatoms. The highest BCUT2D eigenvalue weighted by atomic mass is 79.9. The van der Waals surface area contributed by atoms with Gasteiger partial charge in [-0.1, -0.05) is 11.3 Å². The zero-order valence-electron chi connectivity index (χ0n) is 7.35. The first-order chi connectivity index (χ1) is 7.25. The Kier molecular flexibility index (Phi) is 3.02. The summed E-state index contributed by atoms with van der Waals surface area (Å²) in [4.78, 5) is 23.1. The Morgan fingerprint density at radius 3 is 2.67 bits per heavy atom. The predicted molar refractivity (Wildman–Crippen MR) is 59.8 cm³/mol. The fraction of sp³-hybridized carbons (Fsp3) is 0. The monoisotopic (exact) mass is 284 g/mol. The summed E-state index contributed by atoms with van der Waals surface area (Å²) in [6.07, 6.45) is 5.90. The number of halogens is 1. The summed E-state index contributed by atoms with van der Waals surface area (Å²) in [7, 11) is 0. The Morgan fingerprint density at radius 2 is 2.07 bits per heavy atom. The second-order valence-corrected chi connectivity index (χ2v) is 4.96. The van der Waals surface area contributed by atoms with Gasteiger partial charge < -0.3 is 0 Å². The maximum absolute atomic E-state index is 11.6. The number of amides is 1. The van der Waals surface area contributed by atoms with Gasteiger partial charge >= 0.3 is 0 Å². The van der Waals surface area contributed by atoms with Crippen molar-refractivity contribution in [2.45, 2.75) is 0 Å². The molecule has 5 nitrogen and oxygen atoms in total. The molecule has 76 valence electrons. The molecule has 2 aromatic rings. The third kappa shape index (κ3) is 2.57. The van der Waals surface area contributed by atoms with Gasteiger partial charge in [-0.2, -0.15) is 0 Å². The van der Waals surface area contributed by atoms with Crippen molar-refractivity contribution in [3.05, 3.63) is 34.3 Å². The van der Waals surface area contributed by atoms with Crippen LogP contribution in [-0.4, -0.2) is 20.9 Å². The van der Waals surface area contributed by atoms with E-state index in [1.165, 1.54) is 30.1 Å². The van der Waals surface area contributed by atoms with Gasteiger partial charge in [0.2, 0.25) is 0 Å². The number of thiazole rings is 1. The van der Waals surface area contributed by atoms with Crippen molar-refractivity contribution in [3.63, 3.8) is 0 Å². The first kappa shape index (κ1) is 10.2. The summed E-state index contributed by atoms with van der Waals surface area (Å²) in [5.74, 6) is -0.266. The summed E-state index contributed by atoms with van der Waals surface area (Å²) in [5, 5.41) is 3.18. The van der Waals surface area contributed by atoms with E-state index in [1.54, 1.807) is 6.20 Å². The fourth-order valence-corrected chi connectivity index (χ4v) is 2.00. The Balaban J connectivity index is 2.11. The molecular formula is C8H5BrN4OS. The number of hydrogen-bond donors (Lipinski definition) is 1. The molecular weight excluding hydrogens is 280 g/mol. The van der Waals surface area contributed by atoms with Gasteiger partial charge in [-0.25, -0.2) is 15.0 Å². The molecule has 0 atom stereocenters. The van der Waals surface area contributed by atoms with Gasteiger partial charge in [0, 0.05) is 12.4 Å². The number of carbonyl (C=O) groups is 1.